The highest BCUT2D eigenvalue weighted by Gasteiger charge is 2.17. The minimum Gasteiger partial charge on any atom is -0.399 e. The highest BCUT2D eigenvalue weighted by molar-refractivity contribution is 5.47. The fourth-order valence-corrected chi connectivity index (χ4v) is 1.12. The number of terminal acetylenes is 1. The van der Waals surface area contributed by atoms with Gasteiger partial charge >= 0.3 is 0 Å². The number of anilines is 1. The normalized spacial score (nSPS) is 14.5. The average molecular weight is 175 g/mol. The van der Waals surface area contributed by atoms with Crippen LogP contribution < -0.4 is 5.73 Å². The molecule has 0 aliphatic heterocycles. The van der Waals surface area contributed by atoms with Crippen molar-refractivity contribution in [3.05, 3.63) is 29.8 Å². The molecule has 1 aromatic rings. The fourth-order valence-electron chi connectivity index (χ4n) is 1.12. The molecular formula is C11H13NO. The fraction of sp³-hybridized carbons (Fsp3) is 0.273. The number of nitrogen functional groups attached to an aromatic ring is 1. The van der Waals surface area contributed by atoms with Crippen LogP contribution in [0.3, 0.4) is 0 Å². The Balaban J connectivity index is 2.88. The van der Waals surface area contributed by atoms with Gasteiger partial charge in [0.1, 0.15) is 5.60 Å². The second kappa shape index (κ2) is 3.51. The van der Waals surface area contributed by atoms with Crippen molar-refractivity contribution in [3.8, 4) is 12.3 Å². The third-order valence-electron chi connectivity index (χ3n) is 1.90. The Morgan fingerprint density at radius 2 is 2.15 bits per heavy atom. The zero-order valence-corrected chi connectivity index (χ0v) is 7.62. The van der Waals surface area contributed by atoms with Crippen molar-refractivity contribution < 1.29 is 5.11 Å². The summed E-state index contributed by atoms with van der Waals surface area (Å²) >= 11 is 0. The van der Waals surface area contributed by atoms with E-state index in [9.17, 15) is 5.11 Å². The maximum atomic E-state index is 9.61. The van der Waals surface area contributed by atoms with E-state index in [1.54, 1.807) is 13.0 Å². The molecule has 0 radical (unpaired) electrons. The Labute approximate surface area is 78.4 Å². The Morgan fingerprint density at radius 3 is 2.69 bits per heavy atom. The topological polar surface area (TPSA) is 46.2 Å². The molecule has 0 spiro atoms. The summed E-state index contributed by atoms with van der Waals surface area (Å²) in [4.78, 5) is 0. The van der Waals surface area contributed by atoms with Crippen LogP contribution in [0.5, 0.6) is 0 Å². The van der Waals surface area contributed by atoms with Gasteiger partial charge in [0.05, 0.1) is 0 Å². The molecule has 0 bridgehead atoms. The maximum Gasteiger partial charge on any atom is 0.126 e. The van der Waals surface area contributed by atoms with E-state index in [0.717, 1.165) is 5.56 Å². The van der Waals surface area contributed by atoms with Crippen LogP contribution in [-0.2, 0) is 6.42 Å². The summed E-state index contributed by atoms with van der Waals surface area (Å²) in [5.74, 6) is 2.32. The van der Waals surface area contributed by atoms with Gasteiger partial charge in [-0.3, -0.25) is 0 Å². The van der Waals surface area contributed by atoms with Gasteiger partial charge in [0.15, 0.2) is 0 Å². The molecule has 2 heteroatoms. The lowest BCUT2D eigenvalue weighted by atomic mass is 9.96. The molecule has 68 valence electrons. The van der Waals surface area contributed by atoms with Crippen LogP contribution in [-0.4, -0.2) is 10.7 Å². The SMILES string of the molecule is C#CC(C)(O)Cc1ccccc1N. The molecule has 3 N–H and O–H groups in total. The van der Waals surface area contributed by atoms with Crippen LogP contribution in [0.15, 0.2) is 24.3 Å². The zero-order chi connectivity index (χ0) is 9.90. The molecule has 0 heterocycles. The summed E-state index contributed by atoms with van der Waals surface area (Å²) in [6, 6.07) is 7.38. The molecule has 1 unspecified atom stereocenters. The first-order valence-corrected chi connectivity index (χ1v) is 4.09. The zero-order valence-electron chi connectivity index (χ0n) is 7.62. The molecule has 2 nitrogen and oxygen atoms in total. The molecule has 0 aliphatic carbocycles. The average Bonchev–Trinajstić information content (AvgIpc) is 2.09. The number of nitrogens with two attached hydrogens (primary N) is 1. The van der Waals surface area contributed by atoms with Gasteiger partial charge in [-0.2, -0.15) is 0 Å². The quantitative estimate of drug-likeness (QED) is 0.524. The molecule has 0 aliphatic rings. The number of hydrogen-bond donors (Lipinski definition) is 2. The summed E-state index contributed by atoms with van der Waals surface area (Å²) in [7, 11) is 0. The maximum absolute atomic E-state index is 9.61. The van der Waals surface area contributed by atoms with Crippen LogP contribution in [0.4, 0.5) is 5.69 Å². The lowest BCUT2D eigenvalue weighted by Gasteiger charge is -2.16. The van der Waals surface area contributed by atoms with E-state index in [1.807, 2.05) is 18.2 Å². The van der Waals surface area contributed by atoms with Gasteiger partial charge in [-0.05, 0) is 18.6 Å². The Hall–Kier alpha value is -1.46. The lowest BCUT2D eigenvalue weighted by molar-refractivity contribution is 0.123. The van der Waals surface area contributed by atoms with E-state index in [1.165, 1.54) is 0 Å². The number of hydrogen-bond acceptors (Lipinski definition) is 2. The van der Waals surface area contributed by atoms with Crippen molar-refractivity contribution in [3.63, 3.8) is 0 Å². The predicted molar refractivity (Wildman–Crippen MR) is 54.0 cm³/mol. The first kappa shape index (κ1) is 9.63. The highest BCUT2D eigenvalue weighted by Crippen LogP contribution is 2.17. The van der Waals surface area contributed by atoms with Crippen molar-refractivity contribution in [2.45, 2.75) is 18.9 Å². The first-order chi connectivity index (χ1) is 6.05. The van der Waals surface area contributed by atoms with Crippen molar-refractivity contribution in [2.75, 3.05) is 5.73 Å². The van der Waals surface area contributed by atoms with Crippen LogP contribution in [0.1, 0.15) is 12.5 Å². The molecular weight excluding hydrogens is 162 g/mol. The summed E-state index contributed by atoms with van der Waals surface area (Å²) in [5, 5.41) is 9.61. The van der Waals surface area contributed by atoms with Crippen LogP contribution in [0.2, 0.25) is 0 Å². The van der Waals surface area contributed by atoms with E-state index in [4.69, 9.17) is 12.2 Å². The number of rotatable bonds is 2. The monoisotopic (exact) mass is 175 g/mol. The molecule has 0 fully saturated rings. The summed E-state index contributed by atoms with van der Waals surface area (Å²) in [6.07, 6.45) is 5.55. The van der Waals surface area contributed by atoms with E-state index in [0.29, 0.717) is 12.1 Å². The van der Waals surface area contributed by atoms with Crippen LogP contribution in [0, 0.1) is 12.3 Å². The number of para-hydroxylation sites is 1. The molecule has 0 amide bonds. The summed E-state index contributed by atoms with van der Waals surface area (Å²) < 4.78 is 0. The van der Waals surface area contributed by atoms with Gasteiger partial charge in [0, 0.05) is 12.1 Å². The van der Waals surface area contributed by atoms with Gasteiger partial charge in [-0.25, -0.2) is 0 Å². The molecule has 0 aromatic heterocycles. The standard InChI is InChI=1S/C11H13NO/c1-3-11(2,13)8-9-6-4-5-7-10(9)12/h1,4-7,13H,8,12H2,2H3. The van der Waals surface area contributed by atoms with Gasteiger partial charge < -0.3 is 10.8 Å². The van der Waals surface area contributed by atoms with Crippen LogP contribution in [0.25, 0.3) is 0 Å². The molecule has 1 aromatic carbocycles. The minimum absolute atomic E-state index is 0.385. The second-order valence-corrected chi connectivity index (χ2v) is 3.29. The van der Waals surface area contributed by atoms with Crippen molar-refractivity contribution in [1.82, 2.24) is 0 Å². The predicted octanol–water partition coefficient (Wildman–Crippen LogP) is 1.20. The molecule has 1 atom stereocenters. The summed E-state index contributed by atoms with van der Waals surface area (Å²) in [6.45, 7) is 1.60. The van der Waals surface area contributed by atoms with E-state index in [-0.39, 0.29) is 0 Å². The summed E-state index contributed by atoms with van der Waals surface area (Å²) in [5.41, 5.74) is 6.13. The van der Waals surface area contributed by atoms with E-state index in [2.05, 4.69) is 5.92 Å². The molecule has 1 rings (SSSR count). The lowest BCUT2D eigenvalue weighted by Crippen LogP contribution is -2.24. The van der Waals surface area contributed by atoms with Crippen molar-refractivity contribution in [2.24, 2.45) is 0 Å². The Morgan fingerprint density at radius 1 is 1.54 bits per heavy atom. The third-order valence-corrected chi connectivity index (χ3v) is 1.90. The van der Waals surface area contributed by atoms with E-state index >= 15 is 0 Å². The first-order valence-electron chi connectivity index (χ1n) is 4.09. The Bertz CT molecular complexity index is 336. The van der Waals surface area contributed by atoms with Crippen LogP contribution >= 0.6 is 0 Å². The molecule has 13 heavy (non-hydrogen) atoms. The minimum atomic E-state index is -1.12. The molecule has 0 saturated heterocycles. The third kappa shape index (κ3) is 2.50. The number of benzene rings is 1. The molecule has 0 saturated carbocycles. The Kier molecular flexibility index (Phi) is 2.60. The van der Waals surface area contributed by atoms with Gasteiger partial charge in [0.2, 0.25) is 0 Å². The largest absolute Gasteiger partial charge is 0.399 e. The number of aliphatic hydroxyl groups is 1. The second-order valence-electron chi connectivity index (χ2n) is 3.29. The van der Waals surface area contributed by atoms with Gasteiger partial charge in [-0.15, -0.1) is 6.42 Å². The van der Waals surface area contributed by atoms with Crippen molar-refractivity contribution in [1.29, 1.82) is 0 Å². The highest BCUT2D eigenvalue weighted by atomic mass is 16.3. The van der Waals surface area contributed by atoms with E-state index < -0.39 is 5.60 Å². The van der Waals surface area contributed by atoms with Crippen molar-refractivity contribution >= 4 is 5.69 Å². The van der Waals surface area contributed by atoms with Gasteiger partial charge in [-0.1, -0.05) is 24.1 Å². The smallest absolute Gasteiger partial charge is 0.126 e. The van der Waals surface area contributed by atoms with Gasteiger partial charge in [0.25, 0.3) is 0 Å².